The fourth-order valence-corrected chi connectivity index (χ4v) is 4.74. The second kappa shape index (κ2) is 10.1. The number of aromatic nitrogens is 3. The quantitative estimate of drug-likeness (QED) is 0.550. The van der Waals surface area contributed by atoms with Crippen molar-refractivity contribution in [2.75, 3.05) is 24.2 Å². The third-order valence-corrected chi connectivity index (χ3v) is 6.54. The average Bonchev–Trinajstić information content (AvgIpc) is 3.18. The van der Waals surface area contributed by atoms with Gasteiger partial charge >= 0.3 is 0 Å². The molecule has 2 aromatic carbocycles. The molecule has 0 spiro atoms. The van der Waals surface area contributed by atoms with Gasteiger partial charge in [0.1, 0.15) is 0 Å². The molecule has 0 bridgehead atoms. The number of hydrogen-bond acceptors (Lipinski definition) is 5. The van der Waals surface area contributed by atoms with Gasteiger partial charge in [-0.2, -0.15) is 0 Å². The van der Waals surface area contributed by atoms with E-state index in [4.69, 9.17) is 0 Å². The highest BCUT2D eigenvalue weighted by atomic mass is 32.2. The van der Waals surface area contributed by atoms with Crippen LogP contribution < -0.4 is 5.32 Å². The van der Waals surface area contributed by atoms with Crippen LogP contribution >= 0.6 is 11.8 Å². The second-order valence-corrected chi connectivity index (χ2v) is 8.95. The third-order valence-electron chi connectivity index (χ3n) is 5.61. The van der Waals surface area contributed by atoms with Crippen LogP contribution in [0.5, 0.6) is 0 Å². The lowest BCUT2D eigenvalue weighted by Gasteiger charge is -2.26. The Balaban J connectivity index is 1.50. The fraction of sp³-hybridized carbons (Fsp3) is 0.375. The molecule has 31 heavy (non-hydrogen) atoms. The molecule has 7 heteroatoms. The molecule has 0 unspecified atom stereocenters. The van der Waals surface area contributed by atoms with Gasteiger partial charge in [-0.05, 0) is 63.0 Å². The van der Waals surface area contributed by atoms with Crippen LogP contribution in [-0.2, 0) is 11.3 Å². The maximum absolute atomic E-state index is 12.7. The molecule has 1 aliphatic heterocycles. The predicted molar refractivity (Wildman–Crippen MR) is 126 cm³/mol. The Kier molecular flexibility index (Phi) is 7.04. The molecule has 0 radical (unpaired) electrons. The molecule has 1 aliphatic rings. The van der Waals surface area contributed by atoms with Gasteiger partial charge in [-0.3, -0.25) is 14.3 Å². The minimum atomic E-state index is -0.0393. The van der Waals surface area contributed by atoms with Crippen LogP contribution in [-0.4, -0.2) is 44.4 Å². The van der Waals surface area contributed by atoms with E-state index >= 15 is 0 Å². The standard InChI is InChI=1S/C24H29N5OS/c1-18-10-9-11-19(2)23(18)25-22(30)17-31-24-27-26-21(16-28-14-7-4-8-15-28)29(24)20-12-5-3-6-13-20/h3,5-6,9-13H,4,7-8,14-17H2,1-2H3,(H,25,30). The van der Waals surface area contributed by atoms with Crippen LogP contribution in [0.25, 0.3) is 5.69 Å². The van der Waals surface area contributed by atoms with Gasteiger partial charge in [-0.15, -0.1) is 10.2 Å². The molecule has 2 heterocycles. The molecule has 162 valence electrons. The first-order chi connectivity index (χ1) is 15.1. The third kappa shape index (κ3) is 5.35. The van der Waals surface area contributed by atoms with Crippen molar-refractivity contribution in [1.29, 1.82) is 0 Å². The lowest BCUT2D eigenvalue weighted by atomic mass is 10.1. The molecule has 1 N–H and O–H groups in total. The van der Waals surface area contributed by atoms with E-state index in [2.05, 4.69) is 37.1 Å². The van der Waals surface area contributed by atoms with Crippen molar-refractivity contribution in [1.82, 2.24) is 19.7 Å². The minimum absolute atomic E-state index is 0.0393. The van der Waals surface area contributed by atoms with Crippen molar-refractivity contribution in [3.05, 3.63) is 65.5 Å². The molecular formula is C24H29N5OS. The van der Waals surface area contributed by atoms with E-state index in [1.165, 1.54) is 31.0 Å². The van der Waals surface area contributed by atoms with E-state index in [0.717, 1.165) is 53.1 Å². The summed E-state index contributed by atoms with van der Waals surface area (Å²) in [5.41, 5.74) is 4.05. The van der Waals surface area contributed by atoms with E-state index in [1.807, 2.05) is 50.2 Å². The van der Waals surface area contributed by atoms with E-state index in [1.54, 1.807) is 0 Å². The smallest absolute Gasteiger partial charge is 0.234 e. The summed E-state index contributed by atoms with van der Waals surface area (Å²) in [6.07, 6.45) is 3.78. The van der Waals surface area contributed by atoms with Gasteiger partial charge < -0.3 is 5.32 Å². The maximum atomic E-state index is 12.7. The van der Waals surface area contributed by atoms with Crippen molar-refractivity contribution in [3.63, 3.8) is 0 Å². The SMILES string of the molecule is Cc1cccc(C)c1NC(=O)CSc1nnc(CN2CCCCC2)n1-c1ccccc1. The lowest BCUT2D eigenvalue weighted by Crippen LogP contribution is -2.30. The number of nitrogens with zero attached hydrogens (tertiary/aromatic N) is 4. The van der Waals surface area contributed by atoms with Crippen LogP contribution in [0.4, 0.5) is 5.69 Å². The number of aryl methyl sites for hydroxylation is 2. The van der Waals surface area contributed by atoms with Crippen molar-refractivity contribution in [2.24, 2.45) is 0 Å². The Bertz CT molecular complexity index is 1010. The maximum Gasteiger partial charge on any atom is 0.234 e. The van der Waals surface area contributed by atoms with Gasteiger partial charge in [-0.25, -0.2) is 0 Å². The fourth-order valence-electron chi connectivity index (χ4n) is 3.97. The largest absolute Gasteiger partial charge is 0.325 e. The number of thioether (sulfide) groups is 1. The van der Waals surface area contributed by atoms with E-state index in [0.29, 0.717) is 0 Å². The Morgan fingerprint density at radius 1 is 0.968 bits per heavy atom. The topological polar surface area (TPSA) is 63.1 Å². The summed E-state index contributed by atoms with van der Waals surface area (Å²) >= 11 is 1.42. The first kappa shape index (κ1) is 21.6. The van der Waals surface area contributed by atoms with Gasteiger partial charge in [0.15, 0.2) is 11.0 Å². The lowest BCUT2D eigenvalue weighted by molar-refractivity contribution is -0.113. The highest BCUT2D eigenvalue weighted by Gasteiger charge is 2.19. The number of likely N-dealkylation sites (tertiary alicyclic amines) is 1. The summed E-state index contributed by atoms with van der Waals surface area (Å²) in [6.45, 7) is 6.99. The molecule has 1 saturated heterocycles. The number of carbonyl (C=O) groups is 1. The number of anilines is 1. The molecule has 1 fully saturated rings. The number of hydrogen-bond donors (Lipinski definition) is 1. The molecule has 0 saturated carbocycles. The Morgan fingerprint density at radius 2 is 1.68 bits per heavy atom. The second-order valence-electron chi connectivity index (χ2n) is 8.01. The van der Waals surface area contributed by atoms with Gasteiger partial charge in [0, 0.05) is 11.4 Å². The van der Waals surface area contributed by atoms with Gasteiger partial charge in [-0.1, -0.05) is 54.6 Å². The van der Waals surface area contributed by atoms with Gasteiger partial charge in [0.25, 0.3) is 0 Å². The van der Waals surface area contributed by atoms with Crippen LogP contribution in [0.1, 0.15) is 36.2 Å². The summed E-state index contributed by atoms with van der Waals surface area (Å²) in [6, 6.07) is 16.2. The van der Waals surface area contributed by atoms with Crippen LogP contribution in [0, 0.1) is 13.8 Å². The normalized spacial score (nSPS) is 14.5. The molecule has 4 rings (SSSR count). The van der Waals surface area contributed by atoms with Crippen LogP contribution in [0.3, 0.4) is 0 Å². The summed E-state index contributed by atoms with van der Waals surface area (Å²) in [5.74, 6) is 1.16. The number of carbonyl (C=O) groups excluding carboxylic acids is 1. The van der Waals surface area contributed by atoms with Crippen LogP contribution in [0.2, 0.25) is 0 Å². The van der Waals surface area contributed by atoms with Gasteiger partial charge in [0.05, 0.1) is 12.3 Å². The van der Waals surface area contributed by atoms with E-state index in [-0.39, 0.29) is 11.7 Å². The first-order valence-corrected chi connectivity index (χ1v) is 11.8. The first-order valence-electron chi connectivity index (χ1n) is 10.8. The number of rotatable bonds is 7. The van der Waals surface area contributed by atoms with Crippen molar-refractivity contribution >= 4 is 23.4 Å². The molecule has 6 nitrogen and oxygen atoms in total. The Morgan fingerprint density at radius 3 is 2.39 bits per heavy atom. The van der Waals surface area contributed by atoms with Crippen molar-refractivity contribution in [2.45, 2.75) is 44.8 Å². The number of piperidine rings is 1. The zero-order valence-electron chi connectivity index (χ0n) is 18.2. The summed E-state index contributed by atoms with van der Waals surface area (Å²) in [5, 5.41) is 12.7. The van der Waals surface area contributed by atoms with Gasteiger partial charge in [0.2, 0.25) is 5.91 Å². The molecule has 0 atom stereocenters. The summed E-state index contributed by atoms with van der Waals surface area (Å²) < 4.78 is 2.09. The predicted octanol–water partition coefficient (Wildman–Crippen LogP) is 4.60. The average molecular weight is 436 g/mol. The zero-order chi connectivity index (χ0) is 21.6. The molecule has 3 aromatic rings. The van der Waals surface area contributed by atoms with E-state index < -0.39 is 0 Å². The summed E-state index contributed by atoms with van der Waals surface area (Å²) in [4.78, 5) is 15.1. The number of benzene rings is 2. The highest BCUT2D eigenvalue weighted by Crippen LogP contribution is 2.25. The number of amides is 1. The molecular weight excluding hydrogens is 406 g/mol. The minimum Gasteiger partial charge on any atom is -0.325 e. The van der Waals surface area contributed by atoms with Crippen molar-refractivity contribution in [3.8, 4) is 5.69 Å². The molecule has 1 aromatic heterocycles. The highest BCUT2D eigenvalue weighted by molar-refractivity contribution is 7.99. The molecule has 1 amide bonds. The number of para-hydroxylation sites is 2. The van der Waals surface area contributed by atoms with Crippen LogP contribution in [0.15, 0.2) is 53.7 Å². The summed E-state index contributed by atoms with van der Waals surface area (Å²) in [7, 11) is 0. The van der Waals surface area contributed by atoms with E-state index in [9.17, 15) is 4.79 Å². The number of nitrogens with one attached hydrogen (secondary N) is 1. The molecule has 0 aliphatic carbocycles. The Hall–Kier alpha value is -2.64. The Labute approximate surface area is 188 Å². The zero-order valence-corrected chi connectivity index (χ0v) is 19.0. The van der Waals surface area contributed by atoms with Crippen molar-refractivity contribution < 1.29 is 4.79 Å². The monoisotopic (exact) mass is 435 g/mol.